The van der Waals surface area contributed by atoms with Gasteiger partial charge in [0.1, 0.15) is 5.82 Å². The summed E-state index contributed by atoms with van der Waals surface area (Å²) in [5, 5.41) is 0. The van der Waals surface area contributed by atoms with Crippen LogP contribution in [0.5, 0.6) is 0 Å². The number of benzene rings is 1. The topological polar surface area (TPSA) is 26.0 Å². The van der Waals surface area contributed by atoms with E-state index in [0.717, 1.165) is 12.0 Å². The highest BCUT2D eigenvalue weighted by Gasteiger charge is 2.09. The summed E-state index contributed by atoms with van der Waals surface area (Å²) in [5.74, 6) is 0.404. The zero-order valence-electron chi connectivity index (χ0n) is 9.05. The Bertz CT molecular complexity index is 307. The minimum Gasteiger partial charge on any atom is -0.324 e. The van der Waals surface area contributed by atoms with Gasteiger partial charge in [-0.3, -0.25) is 0 Å². The minimum atomic E-state index is -0.162. The van der Waals surface area contributed by atoms with E-state index >= 15 is 0 Å². The highest BCUT2D eigenvalue weighted by atomic mass is 19.1. The third kappa shape index (κ3) is 2.81. The Morgan fingerprint density at radius 1 is 1.36 bits per heavy atom. The van der Waals surface area contributed by atoms with Gasteiger partial charge in [-0.2, -0.15) is 0 Å². The van der Waals surface area contributed by atoms with Crippen molar-refractivity contribution in [2.45, 2.75) is 33.2 Å². The van der Waals surface area contributed by atoms with Gasteiger partial charge in [-0.1, -0.05) is 26.0 Å². The van der Waals surface area contributed by atoms with Crippen molar-refractivity contribution in [3.8, 4) is 0 Å². The maximum atomic E-state index is 13.0. The van der Waals surface area contributed by atoms with Crippen molar-refractivity contribution in [2.75, 3.05) is 0 Å². The summed E-state index contributed by atoms with van der Waals surface area (Å²) in [5.41, 5.74) is 7.69. The second-order valence-corrected chi connectivity index (χ2v) is 4.24. The van der Waals surface area contributed by atoms with Crippen LogP contribution in [0.2, 0.25) is 0 Å². The lowest BCUT2D eigenvalue weighted by Gasteiger charge is -2.15. The summed E-state index contributed by atoms with van der Waals surface area (Å²) in [7, 11) is 0. The molecule has 0 aliphatic carbocycles. The van der Waals surface area contributed by atoms with Gasteiger partial charge in [-0.25, -0.2) is 4.39 Å². The lowest BCUT2D eigenvalue weighted by molar-refractivity contribution is 0.508. The zero-order chi connectivity index (χ0) is 10.7. The molecule has 2 N–H and O–H groups in total. The molecule has 0 radical (unpaired) electrons. The SMILES string of the molecule is Cc1cc(C(N)CC(C)C)ccc1F. The van der Waals surface area contributed by atoms with Crippen molar-refractivity contribution >= 4 is 0 Å². The molecule has 1 nitrogen and oxygen atoms in total. The predicted molar refractivity (Wildman–Crippen MR) is 57.5 cm³/mol. The molecule has 1 unspecified atom stereocenters. The van der Waals surface area contributed by atoms with Crippen molar-refractivity contribution < 1.29 is 4.39 Å². The molecule has 1 atom stereocenters. The van der Waals surface area contributed by atoms with Crippen LogP contribution < -0.4 is 5.73 Å². The molecule has 0 aromatic heterocycles. The largest absolute Gasteiger partial charge is 0.324 e. The first-order valence-electron chi connectivity index (χ1n) is 5.02. The van der Waals surface area contributed by atoms with Crippen LogP contribution in [-0.4, -0.2) is 0 Å². The lowest BCUT2D eigenvalue weighted by Crippen LogP contribution is -2.13. The number of nitrogens with two attached hydrogens (primary N) is 1. The van der Waals surface area contributed by atoms with E-state index in [4.69, 9.17) is 5.73 Å². The summed E-state index contributed by atoms with van der Waals surface area (Å²) >= 11 is 0. The first kappa shape index (κ1) is 11.2. The quantitative estimate of drug-likeness (QED) is 0.787. The monoisotopic (exact) mass is 195 g/mol. The van der Waals surface area contributed by atoms with E-state index in [-0.39, 0.29) is 11.9 Å². The zero-order valence-corrected chi connectivity index (χ0v) is 9.05. The fraction of sp³-hybridized carbons (Fsp3) is 0.500. The van der Waals surface area contributed by atoms with Gasteiger partial charge in [0, 0.05) is 6.04 Å². The average molecular weight is 195 g/mol. The first-order chi connectivity index (χ1) is 6.50. The van der Waals surface area contributed by atoms with E-state index in [0.29, 0.717) is 11.5 Å². The van der Waals surface area contributed by atoms with Gasteiger partial charge in [0.15, 0.2) is 0 Å². The number of hydrogen-bond acceptors (Lipinski definition) is 1. The van der Waals surface area contributed by atoms with Crippen LogP contribution in [0.25, 0.3) is 0 Å². The predicted octanol–water partition coefficient (Wildman–Crippen LogP) is 3.18. The minimum absolute atomic E-state index is 0.0225. The molecule has 0 aliphatic heterocycles. The highest BCUT2D eigenvalue weighted by molar-refractivity contribution is 5.26. The van der Waals surface area contributed by atoms with E-state index < -0.39 is 0 Å². The van der Waals surface area contributed by atoms with Crippen LogP contribution in [0.4, 0.5) is 4.39 Å². The Morgan fingerprint density at radius 2 is 2.00 bits per heavy atom. The molecule has 1 aromatic rings. The maximum absolute atomic E-state index is 13.0. The fourth-order valence-corrected chi connectivity index (χ4v) is 1.54. The van der Waals surface area contributed by atoms with Crippen molar-refractivity contribution in [1.82, 2.24) is 0 Å². The second-order valence-electron chi connectivity index (χ2n) is 4.24. The summed E-state index contributed by atoms with van der Waals surface area (Å²) < 4.78 is 13.0. The Balaban J connectivity index is 2.80. The van der Waals surface area contributed by atoms with Gasteiger partial charge in [-0.05, 0) is 36.5 Å². The van der Waals surface area contributed by atoms with Crippen LogP contribution in [0.1, 0.15) is 37.4 Å². The van der Waals surface area contributed by atoms with Crippen LogP contribution >= 0.6 is 0 Å². The third-order valence-electron chi connectivity index (χ3n) is 2.34. The molecule has 0 saturated carbocycles. The third-order valence-corrected chi connectivity index (χ3v) is 2.34. The molecule has 1 rings (SSSR count). The maximum Gasteiger partial charge on any atom is 0.126 e. The first-order valence-corrected chi connectivity index (χ1v) is 5.02. The normalized spacial score (nSPS) is 13.3. The summed E-state index contributed by atoms with van der Waals surface area (Å²) in [6, 6.07) is 5.12. The molecule has 0 amide bonds. The van der Waals surface area contributed by atoms with Crippen LogP contribution in [0.3, 0.4) is 0 Å². The number of rotatable bonds is 3. The molecule has 0 bridgehead atoms. The summed E-state index contributed by atoms with van der Waals surface area (Å²) in [6.07, 6.45) is 0.936. The molecular formula is C12H18FN. The average Bonchev–Trinajstić information content (AvgIpc) is 2.08. The molecule has 0 spiro atoms. The van der Waals surface area contributed by atoms with E-state index in [1.165, 1.54) is 6.07 Å². The number of halogens is 1. The van der Waals surface area contributed by atoms with E-state index in [9.17, 15) is 4.39 Å². The van der Waals surface area contributed by atoms with E-state index in [1.54, 1.807) is 13.0 Å². The van der Waals surface area contributed by atoms with Gasteiger partial charge in [0.2, 0.25) is 0 Å². The Hall–Kier alpha value is -0.890. The van der Waals surface area contributed by atoms with Gasteiger partial charge < -0.3 is 5.73 Å². The van der Waals surface area contributed by atoms with Crippen molar-refractivity contribution in [2.24, 2.45) is 11.7 Å². The lowest BCUT2D eigenvalue weighted by atomic mass is 9.97. The van der Waals surface area contributed by atoms with E-state index in [2.05, 4.69) is 13.8 Å². The molecule has 0 fully saturated rings. The van der Waals surface area contributed by atoms with Crippen molar-refractivity contribution in [1.29, 1.82) is 0 Å². The fourth-order valence-electron chi connectivity index (χ4n) is 1.54. The molecular weight excluding hydrogens is 177 g/mol. The smallest absolute Gasteiger partial charge is 0.126 e. The number of aryl methyl sites for hydroxylation is 1. The molecule has 0 saturated heterocycles. The molecule has 0 aliphatic rings. The Morgan fingerprint density at radius 3 is 2.50 bits per heavy atom. The van der Waals surface area contributed by atoms with Crippen molar-refractivity contribution in [3.63, 3.8) is 0 Å². The highest BCUT2D eigenvalue weighted by Crippen LogP contribution is 2.20. The van der Waals surface area contributed by atoms with Gasteiger partial charge >= 0.3 is 0 Å². The van der Waals surface area contributed by atoms with Crippen LogP contribution in [-0.2, 0) is 0 Å². The van der Waals surface area contributed by atoms with Gasteiger partial charge in [0.25, 0.3) is 0 Å². The summed E-state index contributed by atoms with van der Waals surface area (Å²) in [6.45, 7) is 6.04. The molecule has 14 heavy (non-hydrogen) atoms. The Labute approximate surface area is 85.1 Å². The van der Waals surface area contributed by atoms with Crippen LogP contribution in [0, 0.1) is 18.7 Å². The van der Waals surface area contributed by atoms with Crippen molar-refractivity contribution in [3.05, 3.63) is 35.1 Å². The second kappa shape index (κ2) is 4.56. The van der Waals surface area contributed by atoms with Crippen LogP contribution in [0.15, 0.2) is 18.2 Å². The molecule has 78 valence electrons. The number of hydrogen-bond donors (Lipinski definition) is 1. The van der Waals surface area contributed by atoms with Gasteiger partial charge in [-0.15, -0.1) is 0 Å². The summed E-state index contributed by atoms with van der Waals surface area (Å²) in [4.78, 5) is 0. The van der Waals surface area contributed by atoms with Gasteiger partial charge in [0.05, 0.1) is 0 Å². The standard InChI is InChI=1S/C12H18FN/c1-8(2)6-12(14)10-4-5-11(13)9(3)7-10/h4-5,7-8,12H,6,14H2,1-3H3. The van der Waals surface area contributed by atoms with E-state index in [1.807, 2.05) is 6.07 Å². The molecule has 1 aromatic carbocycles. The molecule has 2 heteroatoms. The molecule has 0 heterocycles. The Kier molecular flexibility index (Phi) is 3.64.